The van der Waals surface area contributed by atoms with Crippen molar-refractivity contribution in [3.05, 3.63) is 126 Å². The fraction of sp³-hybridized carbons (Fsp3) is 0.188. The molecule has 0 fully saturated rings. The number of rotatable bonds is 5. The summed E-state index contributed by atoms with van der Waals surface area (Å²) in [4.78, 5) is 4.51. The molecule has 0 aliphatic rings. The molecule has 0 saturated heterocycles. The quantitative estimate of drug-likeness (QED) is 0.280. The van der Waals surface area contributed by atoms with Crippen LogP contribution in [-0.4, -0.2) is 7.05 Å². The van der Waals surface area contributed by atoms with Crippen LogP contribution in [0.3, 0.4) is 0 Å². The van der Waals surface area contributed by atoms with E-state index in [0.29, 0.717) is 0 Å². The third kappa shape index (κ3) is 6.39. The third-order valence-corrected chi connectivity index (χ3v) is 5.83. The van der Waals surface area contributed by atoms with Gasteiger partial charge in [-0.15, -0.1) is 0 Å². The van der Waals surface area contributed by atoms with Crippen LogP contribution >= 0.6 is 0 Å². The minimum Gasteiger partial charge on any atom is -0.345 e. The van der Waals surface area contributed by atoms with Gasteiger partial charge in [0.05, 0.1) is 0 Å². The highest BCUT2D eigenvalue weighted by Crippen LogP contribution is 2.36. The van der Waals surface area contributed by atoms with Crippen molar-refractivity contribution in [2.24, 2.45) is 0 Å². The van der Waals surface area contributed by atoms with E-state index in [1.54, 1.807) is 0 Å². The molecule has 0 amide bonds. The summed E-state index contributed by atoms with van der Waals surface area (Å²) in [6.07, 6.45) is 4.00. The SMILES string of the molecule is C/C=C\C.Cc1ccc(N(C)c2ccc(N(c3ccc(C)cc3)c3ccc(C)cc3)cc2)cc1. The number of allylic oxidation sites excluding steroid dienone is 2. The molecule has 0 N–H and O–H groups in total. The first-order valence-electron chi connectivity index (χ1n) is 11.8. The maximum absolute atomic E-state index is 2.30. The van der Waals surface area contributed by atoms with E-state index in [-0.39, 0.29) is 0 Å². The van der Waals surface area contributed by atoms with E-state index in [2.05, 4.69) is 135 Å². The zero-order valence-corrected chi connectivity index (χ0v) is 21.3. The zero-order valence-electron chi connectivity index (χ0n) is 21.3. The fourth-order valence-corrected chi connectivity index (χ4v) is 3.58. The van der Waals surface area contributed by atoms with Gasteiger partial charge in [0.25, 0.3) is 0 Å². The lowest BCUT2D eigenvalue weighted by molar-refractivity contribution is 1.20. The molecular weight excluding hydrogens is 412 g/mol. The van der Waals surface area contributed by atoms with E-state index in [0.717, 1.165) is 22.7 Å². The average molecular weight is 449 g/mol. The molecule has 0 aromatic heterocycles. The Morgan fingerprint density at radius 2 is 0.647 bits per heavy atom. The Hall–Kier alpha value is -3.78. The number of nitrogens with zero attached hydrogens (tertiary/aromatic N) is 2. The first-order valence-corrected chi connectivity index (χ1v) is 11.8. The molecule has 0 aliphatic carbocycles. The van der Waals surface area contributed by atoms with Crippen LogP contribution in [-0.2, 0) is 0 Å². The summed E-state index contributed by atoms with van der Waals surface area (Å²) in [5, 5.41) is 0. The van der Waals surface area contributed by atoms with Gasteiger partial charge in [-0.3, -0.25) is 0 Å². The van der Waals surface area contributed by atoms with Crippen molar-refractivity contribution in [3.63, 3.8) is 0 Å². The zero-order chi connectivity index (χ0) is 24.5. The van der Waals surface area contributed by atoms with Crippen LogP contribution in [0.2, 0.25) is 0 Å². The molecule has 4 aromatic carbocycles. The van der Waals surface area contributed by atoms with Gasteiger partial charge >= 0.3 is 0 Å². The second-order valence-corrected chi connectivity index (χ2v) is 8.58. The van der Waals surface area contributed by atoms with Crippen LogP contribution in [0.5, 0.6) is 0 Å². The topological polar surface area (TPSA) is 6.48 Å². The van der Waals surface area contributed by atoms with Gasteiger partial charge in [0.1, 0.15) is 0 Å². The highest BCUT2D eigenvalue weighted by Gasteiger charge is 2.13. The largest absolute Gasteiger partial charge is 0.345 e. The number of anilines is 5. The summed E-state index contributed by atoms with van der Waals surface area (Å²) in [6.45, 7) is 10.4. The summed E-state index contributed by atoms with van der Waals surface area (Å²) >= 11 is 0. The number of benzene rings is 4. The smallest absolute Gasteiger partial charge is 0.0463 e. The lowest BCUT2D eigenvalue weighted by Gasteiger charge is -2.27. The Morgan fingerprint density at radius 3 is 0.941 bits per heavy atom. The van der Waals surface area contributed by atoms with Gasteiger partial charge in [0, 0.05) is 35.5 Å². The van der Waals surface area contributed by atoms with Crippen molar-refractivity contribution in [1.82, 2.24) is 0 Å². The minimum absolute atomic E-state index is 1.14. The average Bonchev–Trinajstić information content (AvgIpc) is 2.87. The predicted molar refractivity (Wildman–Crippen MR) is 150 cm³/mol. The first-order chi connectivity index (χ1) is 16.4. The van der Waals surface area contributed by atoms with E-state index >= 15 is 0 Å². The van der Waals surface area contributed by atoms with E-state index in [1.807, 2.05) is 26.0 Å². The molecular formula is C32H36N2. The van der Waals surface area contributed by atoms with Gasteiger partial charge in [-0.2, -0.15) is 0 Å². The summed E-state index contributed by atoms with van der Waals surface area (Å²) in [6, 6.07) is 34.8. The molecule has 0 radical (unpaired) electrons. The van der Waals surface area contributed by atoms with Crippen LogP contribution in [0.25, 0.3) is 0 Å². The van der Waals surface area contributed by atoms with Crippen molar-refractivity contribution in [2.75, 3.05) is 16.8 Å². The molecule has 0 spiro atoms. The Morgan fingerprint density at radius 1 is 0.412 bits per heavy atom. The molecule has 2 nitrogen and oxygen atoms in total. The maximum Gasteiger partial charge on any atom is 0.0463 e. The summed E-state index contributed by atoms with van der Waals surface area (Å²) < 4.78 is 0. The number of hydrogen-bond acceptors (Lipinski definition) is 2. The van der Waals surface area contributed by atoms with Crippen molar-refractivity contribution < 1.29 is 0 Å². The van der Waals surface area contributed by atoms with Gasteiger partial charge in [0.15, 0.2) is 0 Å². The van der Waals surface area contributed by atoms with Crippen LogP contribution in [0.4, 0.5) is 28.4 Å². The molecule has 2 heteroatoms. The lowest BCUT2D eigenvalue weighted by Crippen LogP contribution is -2.12. The molecule has 34 heavy (non-hydrogen) atoms. The molecule has 0 aliphatic heterocycles. The monoisotopic (exact) mass is 448 g/mol. The second-order valence-electron chi connectivity index (χ2n) is 8.58. The Balaban J connectivity index is 0.000000751. The van der Waals surface area contributed by atoms with E-state index in [1.165, 1.54) is 22.4 Å². The van der Waals surface area contributed by atoms with Crippen molar-refractivity contribution in [1.29, 1.82) is 0 Å². The fourth-order valence-electron chi connectivity index (χ4n) is 3.58. The highest BCUT2D eigenvalue weighted by molar-refractivity contribution is 5.78. The molecule has 0 unspecified atom stereocenters. The minimum atomic E-state index is 1.14. The van der Waals surface area contributed by atoms with E-state index in [4.69, 9.17) is 0 Å². The molecule has 0 bridgehead atoms. The molecule has 0 heterocycles. The number of hydrogen-bond donors (Lipinski definition) is 0. The second kappa shape index (κ2) is 11.9. The molecule has 4 aromatic rings. The Labute approximate surface area is 205 Å². The van der Waals surface area contributed by atoms with Crippen molar-refractivity contribution >= 4 is 28.4 Å². The van der Waals surface area contributed by atoms with Crippen LogP contribution in [0.15, 0.2) is 109 Å². The summed E-state index contributed by atoms with van der Waals surface area (Å²) in [7, 11) is 2.11. The summed E-state index contributed by atoms with van der Waals surface area (Å²) in [5.74, 6) is 0. The molecule has 0 saturated carbocycles. The van der Waals surface area contributed by atoms with Gasteiger partial charge in [-0.05, 0) is 95.3 Å². The number of aryl methyl sites for hydroxylation is 3. The Kier molecular flexibility index (Phi) is 8.70. The maximum atomic E-state index is 2.30. The highest BCUT2D eigenvalue weighted by atomic mass is 15.1. The van der Waals surface area contributed by atoms with Crippen molar-refractivity contribution in [2.45, 2.75) is 34.6 Å². The molecule has 0 atom stereocenters. The van der Waals surface area contributed by atoms with Crippen molar-refractivity contribution in [3.8, 4) is 0 Å². The molecule has 4 rings (SSSR count). The van der Waals surface area contributed by atoms with Gasteiger partial charge in [0.2, 0.25) is 0 Å². The Bertz CT molecular complexity index is 1120. The normalized spacial score (nSPS) is 10.5. The van der Waals surface area contributed by atoms with Crippen LogP contribution in [0, 0.1) is 20.8 Å². The summed E-state index contributed by atoms with van der Waals surface area (Å²) in [5.41, 5.74) is 9.60. The van der Waals surface area contributed by atoms with Crippen LogP contribution < -0.4 is 9.80 Å². The lowest BCUT2D eigenvalue weighted by atomic mass is 10.1. The third-order valence-electron chi connectivity index (χ3n) is 5.83. The van der Waals surface area contributed by atoms with Crippen LogP contribution in [0.1, 0.15) is 30.5 Å². The molecule has 174 valence electrons. The van der Waals surface area contributed by atoms with E-state index < -0.39 is 0 Å². The van der Waals surface area contributed by atoms with E-state index in [9.17, 15) is 0 Å². The van der Waals surface area contributed by atoms with Gasteiger partial charge in [-0.25, -0.2) is 0 Å². The van der Waals surface area contributed by atoms with Gasteiger partial charge < -0.3 is 9.80 Å². The first kappa shape index (κ1) is 24.9. The predicted octanol–water partition coefficient (Wildman–Crippen LogP) is 9.43. The standard InChI is InChI=1S/C28H28N2.C4H8/c1-21-5-11-24(12-6-21)29(4)25-17-19-28(20-18-25)30(26-13-7-22(2)8-14-26)27-15-9-23(3)10-16-27;1-3-4-2/h5-20H,1-4H3;3-4H,1-2H3/b;4-3-. The van der Waals surface area contributed by atoms with Gasteiger partial charge in [-0.1, -0.05) is 65.2 Å².